The lowest BCUT2D eigenvalue weighted by atomic mass is 10.0. The van der Waals surface area contributed by atoms with Gasteiger partial charge in [-0.15, -0.1) is 0 Å². The lowest BCUT2D eigenvalue weighted by Crippen LogP contribution is -2.66. The molecule has 3 aromatic rings. The molecule has 0 aliphatic carbocycles. The Balaban J connectivity index is 1.85. The first kappa shape index (κ1) is 35.3. The van der Waals surface area contributed by atoms with Crippen LogP contribution < -0.4 is 21.0 Å². The van der Waals surface area contributed by atoms with Gasteiger partial charge in [-0.2, -0.15) is 0 Å². The molecule has 0 aliphatic rings. The molecule has 2 atom stereocenters. The van der Waals surface area contributed by atoms with Crippen molar-refractivity contribution in [3.63, 3.8) is 0 Å². The summed E-state index contributed by atoms with van der Waals surface area (Å²) in [6.07, 6.45) is -0.805. The van der Waals surface area contributed by atoms with E-state index >= 15 is 0 Å². The van der Waals surface area contributed by atoms with Crippen LogP contribution in [0.3, 0.4) is 0 Å². The van der Waals surface area contributed by atoms with Crippen LogP contribution in [0.1, 0.15) is 53.5 Å². The summed E-state index contributed by atoms with van der Waals surface area (Å²) in [6.45, 7) is 16.2. The maximum Gasteiger partial charge on any atom is 0.408 e. The highest BCUT2D eigenvalue weighted by molar-refractivity contribution is 6.99. The van der Waals surface area contributed by atoms with Gasteiger partial charge in [-0.1, -0.05) is 124 Å². The highest BCUT2D eigenvalue weighted by Crippen LogP contribution is 2.37. The van der Waals surface area contributed by atoms with Crippen LogP contribution in [-0.2, 0) is 25.3 Å². The monoisotopic (exact) mass is 630 g/mol. The van der Waals surface area contributed by atoms with Crippen LogP contribution in [0, 0.1) is 0 Å². The van der Waals surface area contributed by atoms with Gasteiger partial charge in [0.2, 0.25) is 0 Å². The van der Waals surface area contributed by atoms with Crippen LogP contribution in [0.2, 0.25) is 5.04 Å². The van der Waals surface area contributed by atoms with Crippen molar-refractivity contribution in [3.05, 3.63) is 109 Å². The van der Waals surface area contributed by atoms with Gasteiger partial charge in [-0.25, -0.2) is 9.59 Å². The fourth-order valence-corrected chi connectivity index (χ4v) is 9.77. The molecule has 9 heteroatoms. The standard InChI is InChI=1S/C36H46N2O6Si/c1-27(25-43-45(36(5,6)7,29-19-13-9-14-20-29)30-21-15-10-16-22-30)23-31(32(24-39)38-34(41)44-35(2,3)4)37-33(40)42-26-28-17-11-8-12-18-28/h8-22,24,31-32H,1,23,25-26H2,2-7H3,(H,37,40)(H,38,41)/t31-,32-/m0/s1. The number of alkyl carbamates (subject to hydrolysis) is 2. The number of benzene rings is 3. The first-order valence-corrected chi connectivity index (χ1v) is 17.0. The summed E-state index contributed by atoms with van der Waals surface area (Å²) < 4.78 is 17.8. The van der Waals surface area contributed by atoms with E-state index in [2.05, 4.69) is 62.2 Å². The molecule has 45 heavy (non-hydrogen) atoms. The van der Waals surface area contributed by atoms with Gasteiger partial charge in [0.25, 0.3) is 8.32 Å². The summed E-state index contributed by atoms with van der Waals surface area (Å²) in [5, 5.41) is 7.33. The quantitative estimate of drug-likeness (QED) is 0.139. The van der Waals surface area contributed by atoms with E-state index in [1.807, 2.05) is 66.7 Å². The van der Waals surface area contributed by atoms with Crippen molar-refractivity contribution in [2.75, 3.05) is 6.61 Å². The lowest BCUT2D eigenvalue weighted by molar-refractivity contribution is -0.110. The minimum Gasteiger partial charge on any atom is -0.445 e. The molecule has 240 valence electrons. The second kappa shape index (κ2) is 15.7. The van der Waals surface area contributed by atoms with Crippen LogP contribution in [-0.4, -0.2) is 51.1 Å². The van der Waals surface area contributed by atoms with E-state index in [1.165, 1.54) is 0 Å². The Hall–Kier alpha value is -4.21. The van der Waals surface area contributed by atoms with E-state index < -0.39 is 38.2 Å². The summed E-state index contributed by atoms with van der Waals surface area (Å²) in [6, 6.07) is 27.7. The molecule has 0 radical (unpaired) electrons. The van der Waals surface area contributed by atoms with E-state index in [0.717, 1.165) is 15.9 Å². The molecule has 0 saturated carbocycles. The van der Waals surface area contributed by atoms with E-state index in [1.54, 1.807) is 20.8 Å². The van der Waals surface area contributed by atoms with Crippen molar-refractivity contribution in [2.45, 2.75) is 77.3 Å². The molecule has 0 bridgehead atoms. The van der Waals surface area contributed by atoms with Crippen molar-refractivity contribution in [2.24, 2.45) is 0 Å². The van der Waals surface area contributed by atoms with Gasteiger partial charge in [-0.05, 0) is 48.2 Å². The normalized spacial score (nSPS) is 13.2. The summed E-state index contributed by atoms with van der Waals surface area (Å²) in [4.78, 5) is 37.8. The highest BCUT2D eigenvalue weighted by Gasteiger charge is 2.50. The minimum atomic E-state index is -2.87. The Kier molecular flexibility index (Phi) is 12.3. The summed E-state index contributed by atoms with van der Waals surface area (Å²) in [7, 11) is -2.87. The molecule has 0 unspecified atom stereocenters. The number of hydrogen-bond acceptors (Lipinski definition) is 6. The van der Waals surface area contributed by atoms with Gasteiger partial charge in [-0.3, -0.25) is 0 Å². The first-order valence-electron chi connectivity index (χ1n) is 15.1. The molecule has 0 aliphatic heterocycles. The number of carbonyl (C=O) groups is 3. The molecular weight excluding hydrogens is 584 g/mol. The van der Waals surface area contributed by atoms with Crippen LogP contribution in [0.15, 0.2) is 103 Å². The fourth-order valence-electron chi connectivity index (χ4n) is 5.20. The van der Waals surface area contributed by atoms with Crippen molar-refractivity contribution in [1.82, 2.24) is 10.6 Å². The average molecular weight is 631 g/mol. The summed E-state index contributed by atoms with van der Waals surface area (Å²) in [5.41, 5.74) is 0.669. The second-order valence-corrected chi connectivity index (χ2v) is 17.3. The average Bonchev–Trinajstić information content (AvgIpc) is 2.99. The molecule has 8 nitrogen and oxygen atoms in total. The predicted molar refractivity (Wildman–Crippen MR) is 180 cm³/mol. The van der Waals surface area contributed by atoms with Crippen molar-refractivity contribution < 1.29 is 28.3 Å². The van der Waals surface area contributed by atoms with E-state index in [9.17, 15) is 14.4 Å². The number of carbonyl (C=O) groups excluding carboxylic acids is 3. The van der Waals surface area contributed by atoms with Gasteiger partial charge in [0, 0.05) is 0 Å². The minimum absolute atomic E-state index is 0.0442. The van der Waals surface area contributed by atoms with Crippen LogP contribution in [0.25, 0.3) is 0 Å². The SMILES string of the molecule is C=C(CO[Si](c1ccccc1)(c1ccccc1)C(C)(C)C)C[C@H](NC(=O)OCc1ccccc1)[C@H](C=O)NC(=O)OC(C)(C)C. The maximum absolute atomic E-state index is 12.9. The Bertz CT molecular complexity index is 1360. The topological polar surface area (TPSA) is 103 Å². The number of nitrogens with one attached hydrogen (secondary N) is 2. The third-order valence-electron chi connectivity index (χ3n) is 7.20. The van der Waals surface area contributed by atoms with Crippen LogP contribution in [0.5, 0.6) is 0 Å². The van der Waals surface area contributed by atoms with Gasteiger partial charge in [0.1, 0.15) is 24.5 Å². The molecule has 0 fully saturated rings. The number of aldehydes is 1. The molecule has 0 spiro atoms. The van der Waals surface area contributed by atoms with Gasteiger partial charge < -0.3 is 29.3 Å². The predicted octanol–water partition coefficient (Wildman–Crippen LogP) is 5.90. The highest BCUT2D eigenvalue weighted by atomic mass is 28.4. The van der Waals surface area contributed by atoms with Crippen molar-refractivity contribution >= 4 is 37.2 Å². The maximum atomic E-state index is 12.9. The smallest absolute Gasteiger partial charge is 0.408 e. The zero-order chi connectivity index (χ0) is 33.1. The van der Waals surface area contributed by atoms with E-state index in [4.69, 9.17) is 13.9 Å². The lowest BCUT2D eigenvalue weighted by Gasteiger charge is -2.43. The Morgan fingerprint density at radius 3 is 1.78 bits per heavy atom. The zero-order valence-corrected chi connectivity index (χ0v) is 28.2. The van der Waals surface area contributed by atoms with Gasteiger partial charge in [0.05, 0.1) is 12.6 Å². The molecule has 2 amide bonds. The second-order valence-electron chi connectivity index (χ2n) is 13.0. The fraction of sp³-hybridized carbons (Fsp3) is 0.361. The third-order valence-corrected chi connectivity index (χ3v) is 12.2. The number of amides is 2. The molecule has 0 saturated heterocycles. The van der Waals surface area contributed by atoms with Crippen LogP contribution >= 0.6 is 0 Å². The third kappa shape index (κ3) is 10.2. The Labute approximate surface area is 268 Å². The van der Waals surface area contributed by atoms with E-state index in [0.29, 0.717) is 11.9 Å². The molecule has 2 N–H and O–H groups in total. The van der Waals surface area contributed by atoms with Crippen molar-refractivity contribution in [3.8, 4) is 0 Å². The number of rotatable bonds is 13. The van der Waals surface area contributed by atoms with E-state index in [-0.39, 0.29) is 24.7 Å². The number of hydrogen-bond donors (Lipinski definition) is 2. The zero-order valence-electron chi connectivity index (χ0n) is 27.2. The van der Waals surface area contributed by atoms with Crippen molar-refractivity contribution in [1.29, 1.82) is 0 Å². The largest absolute Gasteiger partial charge is 0.445 e. The van der Waals surface area contributed by atoms with Crippen LogP contribution in [0.4, 0.5) is 9.59 Å². The first-order chi connectivity index (χ1) is 21.2. The van der Waals surface area contributed by atoms with Gasteiger partial charge >= 0.3 is 12.2 Å². The Morgan fingerprint density at radius 1 is 0.800 bits per heavy atom. The molecular formula is C36H46N2O6Si. The number of ether oxygens (including phenoxy) is 2. The summed E-state index contributed by atoms with van der Waals surface area (Å²) in [5.74, 6) is 0. The molecule has 3 rings (SSSR count). The Morgan fingerprint density at radius 2 is 1.31 bits per heavy atom. The molecule has 3 aromatic carbocycles. The molecule has 0 heterocycles. The van der Waals surface area contributed by atoms with Gasteiger partial charge in [0.15, 0.2) is 0 Å². The molecule has 0 aromatic heterocycles. The summed E-state index contributed by atoms with van der Waals surface area (Å²) >= 11 is 0.